The van der Waals surface area contributed by atoms with Crippen LogP contribution < -0.4 is 9.47 Å². The van der Waals surface area contributed by atoms with Gasteiger partial charge in [0.25, 0.3) is 0 Å². The van der Waals surface area contributed by atoms with E-state index in [0.29, 0.717) is 48.7 Å². The minimum Gasteiger partial charge on any atom is -0.489 e. The number of ether oxygens (including phenoxy) is 2. The summed E-state index contributed by atoms with van der Waals surface area (Å²) in [6, 6.07) is 106. The molecule has 0 aliphatic carbocycles. The normalized spacial score (nSPS) is 12.4. The Labute approximate surface area is 772 Å². The van der Waals surface area contributed by atoms with Crippen LogP contribution in [0.2, 0.25) is 0 Å². The molecule has 0 unspecified atom stereocenters. The molecule has 0 saturated heterocycles. The molecule has 6 aromatic heterocycles. The van der Waals surface area contributed by atoms with Gasteiger partial charge in [0.2, 0.25) is 0 Å². The number of aromatic amines is 4. The molecule has 0 saturated carbocycles. The highest BCUT2D eigenvalue weighted by Crippen LogP contribution is 2.45. The molecule has 4 N–H and O–H groups in total. The summed E-state index contributed by atoms with van der Waals surface area (Å²) < 4.78 is 13.6. The molecular weight excluding hydrogens is 1610 g/mol. The maximum atomic E-state index is 6.79. The molecule has 10 nitrogen and oxygen atoms in total. The maximum absolute atomic E-state index is 6.79. The van der Waals surface area contributed by atoms with E-state index in [2.05, 4.69) is 443 Å². The first-order valence-corrected chi connectivity index (χ1v) is 46.6. The van der Waals surface area contributed by atoms with Crippen LogP contribution in [0.1, 0.15) is 209 Å². The Kier molecular flexibility index (Phi) is 22.2. The standard InChI is InChI=1S/C122H106N8O2/c1-71(2)79-17-31-87(32-18-79)115-99-51-55-103(123-99)117(89-35-21-81(22-36-89)73(5)6)107-59-63-111(127-107)121(112-64-60-108(128-112)118(104-56-52-100(115)124-104)90-37-23-82(24-38-90)74(7)8)93-43-47-95(48-44-93)131-69-77-13-15-85-29-30-86-16-14-78(68-98(86)97(85)67-77)70-132-96-49-45-94(46-50-96)122-113-65-61-109(129-113)119(91-39-25-83(26-40-91)75(9)10)105-57-53-101(125-105)116(88-33-19-80(20-34-88)72(3)4)102-54-58-106(126-102)120(110-62-66-114(122)130-110)92-41-27-84(28-42-92)76(11)12/h13-68,71-76,123,125,128,130H,69-70H2,1-12H3. The van der Waals surface area contributed by atoms with Crippen molar-refractivity contribution in [2.24, 2.45) is 0 Å². The molecule has 0 fully saturated rings. The lowest BCUT2D eigenvalue weighted by molar-refractivity contribution is 0.306. The van der Waals surface area contributed by atoms with Crippen LogP contribution in [0.4, 0.5) is 0 Å². The molecule has 4 aliphatic rings. The minimum absolute atomic E-state index is 0.367. The number of rotatable bonds is 20. The van der Waals surface area contributed by atoms with Gasteiger partial charge < -0.3 is 29.4 Å². The van der Waals surface area contributed by atoms with Gasteiger partial charge >= 0.3 is 0 Å². The molecular formula is C122H106N8O2. The van der Waals surface area contributed by atoms with E-state index in [-0.39, 0.29) is 0 Å². The first-order valence-electron chi connectivity index (χ1n) is 46.6. The van der Waals surface area contributed by atoms with Gasteiger partial charge in [-0.1, -0.05) is 289 Å². The Morgan fingerprint density at radius 2 is 0.364 bits per heavy atom. The molecule has 16 bridgehead atoms. The molecule has 0 atom stereocenters. The van der Waals surface area contributed by atoms with Crippen molar-refractivity contribution in [1.82, 2.24) is 39.9 Å². The van der Waals surface area contributed by atoms with Gasteiger partial charge in [0, 0.05) is 88.6 Å². The molecule has 646 valence electrons. The van der Waals surface area contributed by atoms with Crippen molar-refractivity contribution >= 4 is 114 Å². The van der Waals surface area contributed by atoms with Crippen LogP contribution >= 0.6 is 0 Å². The van der Waals surface area contributed by atoms with E-state index in [1.807, 2.05) is 0 Å². The number of nitrogens with one attached hydrogen (secondary N) is 4. The zero-order valence-electron chi connectivity index (χ0n) is 76.8. The zero-order valence-corrected chi connectivity index (χ0v) is 76.8. The van der Waals surface area contributed by atoms with Gasteiger partial charge in [-0.3, -0.25) is 0 Å². The second kappa shape index (κ2) is 35.0. The van der Waals surface area contributed by atoms with Gasteiger partial charge in [-0.2, -0.15) is 0 Å². The molecule has 0 spiro atoms. The number of H-pyrrole nitrogens is 4. The first-order chi connectivity index (χ1) is 64.3. The van der Waals surface area contributed by atoms with Crippen molar-refractivity contribution in [2.75, 3.05) is 0 Å². The van der Waals surface area contributed by atoms with Crippen LogP contribution in [0.5, 0.6) is 11.5 Å². The van der Waals surface area contributed by atoms with Crippen LogP contribution in [0.3, 0.4) is 0 Å². The smallest absolute Gasteiger partial charge is 0.119 e. The molecule has 4 aliphatic heterocycles. The highest BCUT2D eigenvalue weighted by Gasteiger charge is 2.25. The highest BCUT2D eigenvalue weighted by molar-refractivity contribution is 6.09. The maximum Gasteiger partial charge on any atom is 0.119 e. The van der Waals surface area contributed by atoms with Gasteiger partial charge in [0.1, 0.15) is 24.7 Å². The summed E-state index contributed by atoms with van der Waals surface area (Å²) in [5.74, 6) is 3.82. The van der Waals surface area contributed by atoms with Gasteiger partial charge in [-0.25, -0.2) is 19.9 Å². The molecule has 0 radical (unpaired) electrons. The quantitative estimate of drug-likeness (QED) is 0.0562. The van der Waals surface area contributed by atoms with Crippen LogP contribution in [-0.4, -0.2) is 39.9 Å². The highest BCUT2D eigenvalue weighted by atomic mass is 16.5. The van der Waals surface area contributed by atoms with Gasteiger partial charge in [0.15, 0.2) is 0 Å². The van der Waals surface area contributed by atoms with Gasteiger partial charge in [-0.05, 0) is 280 Å². The molecule has 11 aromatic carbocycles. The Morgan fingerprint density at radius 1 is 0.197 bits per heavy atom. The lowest BCUT2D eigenvalue weighted by atomic mass is 9.98. The second-order valence-electron chi connectivity index (χ2n) is 37.5. The van der Waals surface area contributed by atoms with E-state index in [1.54, 1.807) is 0 Å². The Morgan fingerprint density at radius 3 is 0.538 bits per heavy atom. The topological polar surface area (TPSA) is 133 Å². The number of aromatic nitrogens is 8. The average Bonchev–Trinajstić information content (AvgIpc) is 1.60. The third-order valence-corrected chi connectivity index (χ3v) is 26.8. The molecule has 10 heteroatoms. The molecule has 17 aromatic rings. The molecule has 0 amide bonds. The molecule has 132 heavy (non-hydrogen) atoms. The number of hydrogen-bond donors (Lipinski definition) is 4. The predicted molar refractivity (Wildman–Crippen MR) is 556 cm³/mol. The van der Waals surface area contributed by atoms with Crippen molar-refractivity contribution in [3.63, 3.8) is 0 Å². The van der Waals surface area contributed by atoms with E-state index in [4.69, 9.17) is 29.4 Å². The van der Waals surface area contributed by atoms with Crippen molar-refractivity contribution in [3.05, 3.63) is 381 Å². The van der Waals surface area contributed by atoms with E-state index in [9.17, 15) is 0 Å². The van der Waals surface area contributed by atoms with Crippen molar-refractivity contribution in [3.8, 4) is 101 Å². The summed E-state index contributed by atoms with van der Waals surface area (Å²) in [4.78, 5) is 38.5. The summed E-state index contributed by atoms with van der Waals surface area (Å²) in [6.45, 7) is 27.6. The van der Waals surface area contributed by atoms with Gasteiger partial charge in [-0.15, -0.1) is 0 Å². The summed E-state index contributed by atoms with van der Waals surface area (Å²) in [6.07, 6.45) is 17.4. The Hall–Kier alpha value is -15.3. The summed E-state index contributed by atoms with van der Waals surface area (Å²) >= 11 is 0. The monoisotopic (exact) mass is 1710 g/mol. The third-order valence-electron chi connectivity index (χ3n) is 26.8. The van der Waals surface area contributed by atoms with Crippen molar-refractivity contribution < 1.29 is 9.47 Å². The fourth-order valence-electron chi connectivity index (χ4n) is 19.1. The van der Waals surface area contributed by atoms with Crippen LogP contribution in [0.15, 0.2) is 291 Å². The van der Waals surface area contributed by atoms with E-state index >= 15 is 0 Å². The second-order valence-corrected chi connectivity index (χ2v) is 37.5. The van der Waals surface area contributed by atoms with Crippen LogP contribution in [0, 0.1) is 0 Å². The number of hydrogen-bond acceptors (Lipinski definition) is 6. The number of fused-ring (bicyclic) bond motifs is 19. The third kappa shape index (κ3) is 16.3. The predicted octanol–water partition coefficient (Wildman–Crippen LogP) is 33.2. The largest absolute Gasteiger partial charge is 0.489 e. The number of benzene rings is 11. The fraction of sp³-hybridized carbons (Fsp3) is 0.164. The van der Waals surface area contributed by atoms with Crippen LogP contribution in [0.25, 0.3) is 203 Å². The van der Waals surface area contributed by atoms with Crippen LogP contribution in [-0.2, 0) is 13.2 Å². The summed E-state index contributed by atoms with van der Waals surface area (Å²) in [5.41, 5.74) is 40.8. The minimum atomic E-state index is 0.367. The number of nitrogens with zero attached hydrogens (tertiary/aromatic N) is 4. The first kappa shape index (κ1) is 83.6. The lowest BCUT2D eigenvalue weighted by Crippen LogP contribution is -1.97. The molecule has 21 rings (SSSR count). The van der Waals surface area contributed by atoms with Crippen molar-refractivity contribution in [2.45, 2.75) is 132 Å². The summed E-state index contributed by atoms with van der Waals surface area (Å²) in [5, 5.41) is 4.60. The SMILES string of the molecule is CC(C)c1ccc(-c2c3nc(c(-c4ccc(C(C)C)cc4)c4ccc([nH]4)c(-c4ccc(C(C)C)cc4)c4nc(c(-c5ccc(OCc6ccc7ccc8ccc(COc9ccc(-c%10c%11nc(c(-c%12ccc(C(C)C)cc%12)c%12ccc([nH]%12)c(-c%12ccc(C(C)C)cc%12)c%12nc(c(-c%13ccc(C(C)C)cc%13)c%13ccc%10[nH]%13)C=C%12)C=C%11)cc9)cc8c7c6)cc5)c5ccc2[nH]5)C=C4)C=C3)cc1. The van der Waals surface area contributed by atoms with Crippen molar-refractivity contribution in [1.29, 1.82) is 0 Å². The zero-order chi connectivity index (χ0) is 90.1. The van der Waals surface area contributed by atoms with E-state index < -0.39 is 0 Å². The van der Waals surface area contributed by atoms with E-state index in [0.717, 1.165) is 223 Å². The lowest BCUT2D eigenvalue weighted by Gasteiger charge is -2.12. The van der Waals surface area contributed by atoms with E-state index in [1.165, 1.54) is 33.4 Å². The Balaban J connectivity index is 0.604. The molecule has 10 heterocycles. The fourth-order valence-corrected chi connectivity index (χ4v) is 19.1. The average molecular weight is 1720 g/mol. The van der Waals surface area contributed by atoms with Gasteiger partial charge in [0.05, 0.1) is 45.6 Å². The Bertz CT molecular complexity index is 7290. The summed E-state index contributed by atoms with van der Waals surface area (Å²) in [7, 11) is 0.